The highest BCUT2D eigenvalue weighted by molar-refractivity contribution is 8.31. The van der Waals surface area contributed by atoms with Gasteiger partial charge in [-0.2, -0.15) is 12.0 Å². The first-order chi connectivity index (χ1) is 15.6. The van der Waals surface area contributed by atoms with Gasteiger partial charge >= 0.3 is 16.4 Å². The Morgan fingerprint density at radius 1 is 0.879 bits per heavy atom. The lowest BCUT2D eigenvalue weighted by molar-refractivity contribution is -0.135. The van der Waals surface area contributed by atoms with Crippen molar-refractivity contribution in [2.45, 2.75) is 76.0 Å². The molecule has 0 aliphatic carbocycles. The highest BCUT2D eigenvalue weighted by Crippen LogP contribution is 2.51. The van der Waals surface area contributed by atoms with Gasteiger partial charge in [0.1, 0.15) is 12.3 Å². The Morgan fingerprint density at radius 2 is 1.42 bits per heavy atom. The van der Waals surface area contributed by atoms with Crippen LogP contribution >= 0.6 is 10.3 Å². The maximum atomic E-state index is 12.0. The van der Waals surface area contributed by atoms with E-state index in [2.05, 4.69) is 16.4 Å². The summed E-state index contributed by atoms with van der Waals surface area (Å²) in [4.78, 5) is 24.5. The summed E-state index contributed by atoms with van der Waals surface area (Å²) in [6.07, 6.45) is 14.3. The van der Waals surface area contributed by atoms with Crippen LogP contribution in [0.2, 0.25) is 0 Å². The first kappa shape index (κ1) is 29.4. The molecule has 0 fully saturated rings. The minimum absolute atomic E-state index is 0.160. The third kappa shape index (κ3) is 13.0. The maximum Gasteiger partial charge on any atom is 0.409 e. The van der Waals surface area contributed by atoms with Crippen LogP contribution in [-0.2, 0) is 27.8 Å². The zero-order chi connectivity index (χ0) is 24.7. The highest BCUT2D eigenvalue weighted by atomic mass is 32.3. The molecule has 0 heterocycles. The highest BCUT2D eigenvalue weighted by Gasteiger charge is 2.24. The Kier molecular flexibility index (Phi) is 13.6. The quantitative estimate of drug-likeness (QED) is 0.183. The number of unbranched alkanes of at least 4 members (excludes halogenated alkanes) is 8. The summed E-state index contributed by atoms with van der Waals surface area (Å²) in [5.41, 5.74) is 0. The zero-order valence-corrected chi connectivity index (χ0v) is 21.9. The molecule has 1 aromatic rings. The third-order valence-corrected chi connectivity index (χ3v) is 8.86. The van der Waals surface area contributed by atoms with E-state index in [0.29, 0.717) is 17.1 Å². The van der Waals surface area contributed by atoms with Crippen LogP contribution in [0.3, 0.4) is 0 Å². The van der Waals surface area contributed by atoms with Gasteiger partial charge in [-0.3, -0.25) is 8.98 Å². The van der Waals surface area contributed by atoms with Crippen molar-refractivity contribution >= 4 is 32.6 Å². The second kappa shape index (κ2) is 15.3. The number of amides is 1. The standard InChI is InChI=1S/C23H39NO7S2/c1-5-6-7-8-9-10-11-12-13-14-22(25)24-19-23(26)30-20-15-17-21(18-16-20)32(3,4)31-33(27,28)29-2/h15-18H,5-14,19H2,1-4H3,(H,24,25). The average molecular weight is 506 g/mol. The summed E-state index contributed by atoms with van der Waals surface area (Å²) in [6, 6.07) is 6.36. The monoisotopic (exact) mass is 505 g/mol. The number of benzene rings is 1. The predicted molar refractivity (Wildman–Crippen MR) is 132 cm³/mol. The number of nitrogens with one attached hydrogen (secondary N) is 1. The van der Waals surface area contributed by atoms with E-state index in [1.807, 2.05) is 0 Å². The van der Waals surface area contributed by atoms with Crippen LogP contribution < -0.4 is 10.1 Å². The van der Waals surface area contributed by atoms with E-state index in [4.69, 9.17) is 8.37 Å². The lowest BCUT2D eigenvalue weighted by atomic mass is 10.1. The first-order valence-corrected chi connectivity index (χ1v) is 15.1. The van der Waals surface area contributed by atoms with Gasteiger partial charge in [0.15, 0.2) is 0 Å². The van der Waals surface area contributed by atoms with Crippen LogP contribution in [0.25, 0.3) is 0 Å². The van der Waals surface area contributed by atoms with Crippen LogP contribution in [0.1, 0.15) is 71.1 Å². The molecule has 0 aromatic heterocycles. The molecule has 0 spiro atoms. The Balaban J connectivity index is 2.28. The van der Waals surface area contributed by atoms with Crippen molar-refractivity contribution in [2.24, 2.45) is 0 Å². The van der Waals surface area contributed by atoms with Gasteiger partial charge < -0.3 is 10.1 Å². The largest absolute Gasteiger partial charge is 0.425 e. The van der Waals surface area contributed by atoms with Crippen LogP contribution in [0.5, 0.6) is 5.75 Å². The second-order valence-corrected chi connectivity index (χ2v) is 12.8. The van der Waals surface area contributed by atoms with Crippen LogP contribution in [-0.4, -0.2) is 46.5 Å². The van der Waals surface area contributed by atoms with Gasteiger partial charge in [-0.15, -0.1) is 0 Å². The summed E-state index contributed by atoms with van der Waals surface area (Å²) < 4.78 is 37.8. The van der Waals surface area contributed by atoms with E-state index in [0.717, 1.165) is 26.4 Å². The summed E-state index contributed by atoms with van der Waals surface area (Å²) >= 11 is 0. The molecule has 0 atom stereocenters. The van der Waals surface area contributed by atoms with Crippen molar-refractivity contribution in [1.29, 1.82) is 0 Å². The van der Waals surface area contributed by atoms with E-state index >= 15 is 0 Å². The zero-order valence-electron chi connectivity index (χ0n) is 20.3. The summed E-state index contributed by atoms with van der Waals surface area (Å²) in [6.45, 7) is 2.01. The van der Waals surface area contributed by atoms with Crippen molar-refractivity contribution in [3.8, 4) is 5.75 Å². The van der Waals surface area contributed by atoms with Gasteiger partial charge in [-0.1, -0.05) is 68.6 Å². The molecule has 1 N–H and O–H groups in total. The predicted octanol–water partition coefficient (Wildman–Crippen LogP) is 4.88. The van der Waals surface area contributed by atoms with Crippen molar-refractivity contribution < 1.29 is 30.6 Å². The number of carbonyl (C=O) groups excluding carboxylic acids is 2. The average Bonchev–Trinajstić information content (AvgIpc) is 2.76. The molecule has 0 radical (unpaired) electrons. The van der Waals surface area contributed by atoms with E-state index in [1.54, 1.807) is 36.8 Å². The number of carbonyl (C=O) groups is 2. The number of ether oxygens (including phenoxy) is 1. The summed E-state index contributed by atoms with van der Waals surface area (Å²) in [7, 11) is -5.17. The van der Waals surface area contributed by atoms with Crippen molar-refractivity contribution in [3.05, 3.63) is 24.3 Å². The molecule has 1 aromatic carbocycles. The van der Waals surface area contributed by atoms with E-state index in [-0.39, 0.29) is 12.5 Å². The van der Waals surface area contributed by atoms with Gasteiger partial charge in [0.25, 0.3) is 0 Å². The molecular formula is C23H39NO7S2. The van der Waals surface area contributed by atoms with Gasteiger partial charge in [0.2, 0.25) is 5.91 Å². The van der Waals surface area contributed by atoms with Crippen LogP contribution in [0.4, 0.5) is 0 Å². The summed E-state index contributed by atoms with van der Waals surface area (Å²) in [5.74, 6) is -0.443. The molecule has 0 aliphatic heterocycles. The maximum absolute atomic E-state index is 12.0. The number of rotatable bonds is 17. The fourth-order valence-corrected chi connectivity index (χ4v) is 6.13. The van der Waals surface area contributed by atoms with E-state index < -0.39 is 26.7 Å². The van der Waals surface area contributed by atoms with E-state index in [1.165, 1.54) is 38.5 Å². The molecule has 10 heteroatoms. The molecule has 1 rings (SSSR count). The SMILES string of the molecule is CCCCCCCCCCCC(=O)NCC(=O)Oc1ccc(S(C)(C)OS(=O)(=O)OC)cc1. The van der Waals surface area contributed by atoms with Crippen LogP contribution in [0, 0.1) is 0 Å². The molecular weight excluding hydrogens is 466 g/mol. The molecule has 0 saturated heterocycles. The summed E-state index contributed by atoms with van der Waals surface area (Å²) in [5, 5.41) is 2.59. The topological polar surface area (TPSA) is 108 Å². The molecule has 1 amide bonds. The second-order valence-electron chi connectivity index (χ2n) is 8.18. The van der Waals surface area contributed by atoms with Crippen molar-refractivity contribution in [2.75, 3.05) is 26.2 Å². The molecule has 0 unspecified atom stereocenters. The minimum Gasteiger partial charge on any atom is -0.425 e. The van der Waals surface area contributed by atoms with Gasteiger partial charge in [0, 0.05) is 11.3 Å². The molecule has 8 nitrogen and oxygen atoms in total. The van der Waals surface area contributed by atoms with Crippen LogP contribution in [0.15, 0.2) is 29.2 Å². The molecule has 33 heavy (non-hydrogen) atoms. The van der Waals surface area contributed by atoms with Gasteiger partial charge in [0.05, 0.1) is 7.11 Å². The Labute approximate surface area is 200 Å². The van der Waals surface area contributed by atoms with Crippen molar-refractivity contribution in [3.63, 3.8) is 0 Å². The fourth-order valence-electron chi connectivity index (χ4n) is 3.13. The Morgan fingerprint density at radius 3 is 1.97 bits per heavy atom. The molecule has 0 bridgehead atoms. The molecule has 190 valence electrons. The molecule has 0 aliphatic rings. The van der Waals surface area contributed by atoms with Gasteiger partial charge in [-0.05, 0) is 43.2 Å². The minimum atomic E-state index is -4.07. The number of hydrogen-bond acceptors (Lipinski definition) is 7. The lowest BCUT2D eigenvalue weighted by Crippen LogP contribution is -2.31. The number of hydrogen-bond donors (Lipinski definition) is 1. The first-order valence-electron chi connectivity index (χ1n) is 11.4. The Hall–Kier alpha value is -1.62. The number of esters is 1. The molecule has 0 saturated carbocycles. The third-order valence-electron chi connectivity index (χ3n) is 5.02. The van der Waals surface area contributed by atoms with E-state index in [9.17, 15) is 18.0 Å². The normalized spacial score (nSPS) is 12.4. The smallest absolute Gasteiger partial charge is 0.409 e. The Bertz CT molecular complexity index is 824. The fraction of sp³-hybridized carbons (Fsp3) is 0.652. The van der Waals surface area contributed by atoms with Gasteiger partial charge in [-0.25, -0.2) is 4.79 Å². The lowest BCUT2D eigenvalue weighted by Gasteiger charge is -2.29. The van der Waals surface area contributed by atoms with Crippen molar-refractivity contribution in [1.82, 2.24) is 5.32 Å².